The fourth-order valence-corrected chi connectivity index (χ4v) is 0.859. The first-order chi connectivity index (χ1) is 4.91. The van der Waals surface area contributed by atoms with Crippen molar-refractivity contribution in [2.75, 3.05) is 19.0 Å². The zero-order valence-electron chi connectivity index (χ0n) is 6.77. The number of rotatable bonds is 7. The van der Waals surface area contributed by atoms with Crippen LogP contribution in [0, 0.1) is 0 Å². The van der Waals surface area contributed by atoms with Gasteiger partial charge in [0.25, 0.3) is 0 Å². The zero-order valence-corrected chi connectivity index (χ0v) is 7.58. The van der Waals surface area contributed by atoms with E-state index < -0.39 is 0 Å². The second-order valence-electron chi connectivity index (χ2n) is 2.38. The van der Waals surface area contributed by atoms with E-state index in [1.807, 2.05) is 0 Å². The van der Waals surface area contributed by atoms with Gasteiger partial charge in [-0.1, -0.05) is 26.0 Å². The predicted octanol–water partition coefficient (Wildman–Crippen LogP) is 2.78. The van der Waals surface area contributed by atoms with Gasteiger partial charge in [0.05, 0.1) is 0 Å². The first-order valence-corrected chi connectivity index (χ1v) is 4.65. The van der Waals surface area contributed by atoms with E-state index >= 15 is 0 Å². The van der Waals surface area contributed by atoms with Crippen molar-refractivity contribution in [3.8, 4) is 0 Å². The fraction of sp³-hybridized carbons (Fsp3) is 1.00. The molecule has 61 valence electrons. The Morgan fingerprint density at radius 1 is 1.10 bits per heavy atom. The van der Waals surface area contributed by atoms with Gasteiger partial charge in [-0.2, -0.15) is 0 Å². The van der Waals surface area contributed by atoms with Gasteiger partial charge >= 0.3 is 0 Å². The molecule has 0 saturated heterocycles. The SMILES string of the molecule is CCCCOCCCC[S]. The van der Waals surface area contributed by atoms with Crippen LogP contribution in [-0.2, 0) is 4.74 Å². The minimum absolute atomic E-state index is 0.872. The second-order valence-corrected chi connectivity index (χ2v) is 2.79. The molecule has 1 radical (unpaired) electrons. The number of ether oxygens (including phenoxy) is 1. The highest BCUT2D eigenvalue weighted by atomic mass is 32.1. The summed E-state index contributed by atoms with van der Waals surface area (Å²) >= 11 is 4.80. The van der Waals surface area contributed by atoms with Crippen LogP contribution in [0.2, 0.25) is 0 Å². The Morgan fingerprint density at radius 3 is 2.40 bits per heavy atom. The van der Waals surface area contributed by atoms with Crippen LogP contribution in [0.5, 0.6) is 0 Å². The average molecular weight is 161 g/mol. The van der Waals surface area contributed by atoms with Gasteiger partial charge in [0.1, 0.15) is 0 Å². The van der Waals surface area contributed by atoms with Gasteiger partial charge in [0.15, 0.2) is 0 Å². The van der Waals surface area contributed by atoms with Crippen LogP contribution in [0.1, 0.15) is 32.6 Å². The summed E-state index contributed by atoms with van der Waals surface area (Å²) in [6, 6.07) is 0. The van der Waals surface area contributed by atoms with E-state index in [-0.39, 0.29) is 0 Å². The van der Waals surface area contributed by atoms with Crippen LogP contribution in [-0.4, -0.2) is 19.0 Å². The van der Waals surface area contributed by atoms with Crippen LogP contribution >= 0.6 is 12.6 Å². The van der Waals surface area contributed by atoms with Crippen LogP contribution in [0.3, 0.4) is 0 Å². The minimum atomic E-state index is 0.872. The molecule has 0 amide bonds. The highest BCUT2D eigenvalue weighted by Gasteiger charge is 1.87. The third kappa shape index (κ3) is 8.31. The van der Waals surface area contributed by atoms with Crippen molar-refractivity contribution in [3.05, 3.63) is 0 Å². The van der Waals surface area contributed by atoms with Crippen LogP contribution in [0.25, 0.3) is 0 Å². The molecule has 0 unspecified atom stereocenters. The maximum absolute atomic E-state index is 5.33. The molecule has 0 aromatic rings. The lowest BCUT2D eigenvalue weighted by atomic mass is 10.3. The molecule has 0 aliphatic carbocycles. The molecule has 0 rings (SSSR count). The third-order valence-corrected chi connectivity index (χ3v) is 1.61. The van der Waals surface area contributed by atoms with Crippen LogP contribution < -0.4 is 0 Å². The Bertz CT molecular complexity index is 49.2. The first kappa shape index (κ1) is 10.3. The summed E-state index contributed by atoms with van der Waals surface area (Å²) in [5, 5.41) is 0. The molecule has 0 fully saturated rings. The highest BCUT2D eigenvalue weighted by molar-refractivity contribution is 7.80. The van der Waals surface area contributed by atoms with Gasteiger partial charge in [-0.05, 0) is 19.3 Å². The summed E-state index contributed by atoms with van der Waals surface area (Å²) in [5.41, 5.74) is 0. The van der Waals surface area contributed by atoms with E-state index in [1.165, 1.54) is 12.8 Å². The lowest BCUT2D eigenvalue weighted by molar-refractivity contribution is 0.128. The lowest BCUT2D eigenvalue weighted by Crippen LogP contribution is -1.96. The standard InChI is InChI=1S/C8H17OS/c1-2-3-6-9-7-4-5-8-10/h2-8H2,1H3. The van der Waals surface area contributed by atoms with Gasteiger partial charge in [-0.15, -0.1) is 0 Å². The molecule has 0 heterocycles. The summed E-state index contributed by atoms with van der Waals surface area (Å²) in [6.45, 7) is 4.00. The van der Waals surface area contributed by atoms with E-state index in [2.05, 4.69) is 6.92 Å². The van der Waals surface area contributed by atoms with Crippen molar-refractivity contribution in [1.82, 2.24) is 0 Å². The molecule has 0 aromatic heterocycles. The molecule has 0 aliphatic rings. The molecule has 10 heavy (non-hydrogen) atoms. The van der Waals surface area contributed by atoms with Crippen molar-refractivity contribution in [2.45, 2.75) is 32.6 Å². The number of hydrogen-bond acceptors (Lipinski definition) is 1. The topological polar surface area (TPSA) is 9.23 Å². The summed E-state index contributed by atoms with van der Waals surface area (Å²) in [5.74, 6) is 0.872. The molecule has 1 nitrogen and oxygen atoms in total. The van der Waals surface area contributed by atoms with Crippen molar-refractivity contribution in [3.63, 3.8) is 0 Å². The van der Waals surface area contributed by atoms with Crippen molar-refractivity contribution >= 4 is 12.6 Å². The van der Waals surface area contributed by atoms with Gasteiger partial charge in [-0.25, -0.2) is 0 Å². The summed E-state index contributed by atoms with van der Waals surface area (Å²) in [6.07, 6.45) is 4.67. The summed E-state index contributed by atoms with van der Waals surface area (Å²) < 4.78 is 5.33. The quantitative estimate of drug-likeness (QED) is 0.522. The fourth-order valence-electron chi connectivity index (χ4n) is 0.655. The van der Waals surface area contributed by atoms with E-state index in [0.29, 0.717) is 0 Å². The molecular weight excluding hydrogens is 144 g/mol. The third-order valence-electron chi connectivity index (χ3n) is 1.33. The normalized spacial score (nSPS) is 10.2. The average Bonchev–Trinajstić information content (AvgIpc) is 1.97. The Balaban J connectivity index is 2.65. The van der Waals surface area contributed by atoms with E-state index in [1.54, 1.807) is 0 Å². The summed E-state index contributed by atoms with van der Waals surface area (Å²) in [7, 11) is 0. The zero-order chi connectivity index (χ0) is 7.66. The van der Waals surface area contributed by atoms with Gasteiger partial charge in [0, 0.05) is 19.0 Å². The van der Waals surface area contributed by atoms with Crippen molar-refractivity contribution in [2.24, 2.45) is 0 Å². The summed E-state index contributed by atoms with van der Waals surface area (Å²) in [4.78, 5) is 0. The van der Waals surface area contributed by atoms with Crippen LogP contribution in [0.15, 0.2) is 0 Å². The smallest absolute Gasteiger partial charge is 0.0466 e. The Labute approximate surface area is 69.6 Å². The molecule has 2 heteroatoms. The molecule has 0 aromatic carbocycles. The number of unbranched alkanes of at least 4 members (excludes halogenated alkanes) is 2. The Morgan fingerprint density at radius 2 is 1.80 bits per heavy atom. The lowest BCUT2D eigenvalue weighted by Gasteiger charge is -2.00. The molecule has 0 spiro atoms. The molecule has 0 bridgehead atoms. The maximum Gasteiger partial charge on any atom is 0.0466 e. The Hall–Kier alpha value is 0.310. The van der Waals surface area contributed by atoms with Gasteiger partial charge < -0.3 is 4.74 Å². The monoisotopic (exact) mass is 161 g/mol. The van der Waals surface area contributed by atoms with Crippen LogP contribution in [0.4, 0.5) is 0 Å². The second kappa shape index (κ2) is 9.31. The number of hydrogen-bond donors (Lipinski definition) is 0. The molecule has 0 atom stereocenters. The minimum Gasteiger partial charge on any atom is -0.381 e. The van der Waals surface area contributed by atoms with Crippen molar-refractivity contribution < 1.29 is 4.74 Å². The molecule has 0 N–H and O–H groups in total. The van der Waals surface area contributed by atoms with E-state index in [0.717, 1.165) is 31.8 Å². The van der Waals surface area contributed by atoms with Gasteiger partial charge in [-0.3, -0.25) is 0 Å². The van der Waals surface area contributed by atoms with E-state index in [9.17, 15) is 0 Å². The van der Waals surface area contributed by atoms with Gasteiger partial charge in [0.2, 0.25) is 0 Å². The maximum atomic E-state index is 5.33. The first-order valence-electron chi connectivity index (χ1n) is 4.07. The van der Waals surface area contributed by atoms with E-state index in [4.69, 9.17) is 17.4 Å². The molecule has 0 saturated carbocycles. The largest absolute Gasteiger partial charge is 0.381 e. The Kier molecular flexibility index (Phi) is 9.60. The molecule has 0 aliphatic heterocycles. The predicted molar refractivity (Wildman–Crippen MR) is 47.4 cm³/mol. The molecular formula is C8H17OS. The van der Waals surface area contributed by atoms with Crippen molar-refractivity contribution in [1.29, 1.82) is 0 Å². The highest BCUT2D eigenvalue weighted by Crippen LogP contribution is 1.93.